The molecule has 4 N–H and O–H groups in total. The molecule has 1 aliphatic heterocycles. The van der Waals surface area contributed by atoms with Gasteiger partial charge in [-0.05, 0) is 79.4 Å². The molecule has 4 aromatic rings. The maximum atomic E-state index is 15.3. The Morgan fingerprint density at radius 1 is 0.957 bits per heavy atom. The molecule has 1 heterocycles. The molecule has 4 aromatic carbocycles. The van der Waals surface area contributed by atoms with E-state index in [2.05, 4.69) is 10.6 Å². The summed E-state index contributed by atoms with van der Waals surface area (Å²) in [6.45, 7) is 2.55. The molecule has 0 radical (unpaired) electrons. The highest BCUT2D eigenvalue weighted by Gasteiger charge is 2.39. The summed E-state index contributed by atoms with van der Waals surface area (Å²) in [6, 6.07) is 19.3. The topological polar surface area (TPSA) is 105 Å². The number of benzene rings is 4. The molecule has 0 spiro atoms. The first kappa shape index (κ1) is 33.6. The minimum absolute atomic E-state index is 0.00519. The van der Waals surface area contributed by atoms with Gasteiger partial charge in [0.25, 0.3) is 0 Å². The lowest BCUT2D eigenvalue weighted by Gasteiger charge is -2.40. The van der Waals surface area contributed by atoms with Gasteiger partial charge >= 0.3 is 0 Å². The van der Waals surface area contributed by atoms with Crippen molar-refractivity contribution >= 4 is 33.2 Å². The monoisotopic (exact) mass is 670 g/mol. The van der Waals surface area contributed by atoms with Gasteiger partial charge in [-0.3, -0.25) is 4.79 Å². The van der Waals surface area contributed by atoms with E-state index in [9.17, 15) is 22.0 Å². The first-order valence-corrected chi connectivity index (χ1v) is 16.6. The minimum Gasteiger partial charge on any atom is -0.324 e. The zero-order valence-electron chi connectivity index (χ0n) is 25.0. The fourth-order valence-corrected chi connectivity index (χ4v) is 8.39. The summed E-state index contributed by atoms with van der Waals surface area (Å²) in [5, 5.41) is 6.07. The number of carbonyl (C=O) groups is 1. The number of nitrogens with one attached hydrogen (secondary N) is 2. The number of hydrogen-bond donors (Lipinski definition) is 3. The van der Waals surface area contributed by atoms with Crippen LogP contribution in [0.15, 0.2) is 95.9 Å². The average Bonchev–Trinajstić information content (AvgIpc) is 3.01. The van der Waals surface area contributed by atoms with Crippen molar-refractivity contribution in [3.05, 3.63) is 130 Å². The summed E-state index contributed by atoms with van der Waals surface area (Å²) in [7, 11) is -3.99. The molecular weight excluding hydrogens is 637 g/mol. The fourth-order valence-electron chi connectivity index (χ4n) is 6.04. The van der Waals surface area contributed by atoms with Gasteiger partial charge in [-0.25, -0.2) is 21.6 Å². The van der Waals surface area contributed by atoms with Crippen LogP contribution in [0.25, 0.3) is 0 Å². The number of carbonyl (C=O) groups excluding carboxylic acids is 1. The summed E-state index contributed by atoms with van der Waals surface area (Å²) < 4.78 is 72.7. The number of halogens is 4. The van der Waals surface area contributed by atoms with Gasteiger partial charge in [-0.15, -0.1) is 0 Å². The Balaban J connectivity index is 1.39. The number of anilines is 1. The average molecular weight is 671 g/mol. The molecule has 0 aliphatic carbocycles. The Morgan fingerprint density at radius 2 is 1.59 bits per heavy atom. The SMILES string of the molecule is C[C@H]1CNC[C@H](CCc2c(F)cccc2NC(=O)[C@@H](N)C(c2cccc(F)c2)c2cccc(F)c2)N1S(=O)(=O)c1ccccc1Cl. The molecular formula is C34H34ClF3N4O3S. The zero-order valence-corrected chi connectivity index (χ0v) is 26.5. The predicted molar refractivity (Wildman–Crippen MR) is 173 cm³/mol. The first-order valence-electron chi connectivity index (χ1n) is 14.8. The molecule has 1 saturated heterocycles. The molecule has 46 heavy (non-hydrogen) atoms. The van der Waals surface area contributed by atoms with Crippen molar-refractivity contribution < 1.29 is 26.4 Å². The van der Waals surface area contributed by atoms with Gasteiger partial charge in [-0.1, -0.05) is 54.1 Å². The van der Waals surface area contributed by atoms with E-state index in [0.717, 1.165) is 0 Å². The predicted octanol–water partition coefficient (Wildman–Crippen LogP) is 5.84. The van der Waals surface area contributed by atoms with Gasteiger partial charge in [0.15, 0.2) is 0 Å². The van der Waals surface area contributed by atoms with E-state index >= 15 is 4.39 Å². The summed E-state index contributed by atoms with van der Waals surface area (Å²) >= 11 is 6.27. The lowest BCUT2D eigenvalue weighted by Crippen LogP contribution is -2.58. The summed E-state index contributed by atoms with van der Waals surface area (Å²) in [5.41, 5.74) is 7.53. The summed E-state index contributed by atoms with van der Waals surface area (Å²) in [5.74, 6) is -3.29. The van der Waals surface area contributed by atoms with Crippen LogP contribution < -0.4 is 16.4 Å². The number of amides is 1. The molecule has 1 aliphatic rings. The van der Waals surface area contributed by atoms with Crippen molar-refractivity contribution in [2.45, 2.75) is 48.7 Å². The highest BCUT2D eigenvalue weighted by Crippen LogP contribution is 2.32. The highest BCUT2D eigenvalue weighted by atomic mass is 35.5. The maximum absolute atomic E-state index is 15.3. The van der Waals surface area contributed by atoms with E-state index in [1.807, 2.05) is 0 Å². The number of piperazine rings is 1. The second kappa shape index (κ2) is 14.4. The number of sulfonamides is 1. The standard InChI is InChI=1S/C34H34ClF3N4O3S/c1-21-19-40-20-26(42(21)46(44,45)31-14-3-2-11-28(31)35)15-16-27-29(38)12-6-13-30(27)41-34(43)33(39)32(22-7-4-9-24(36)17-22)23-8-5-10-25(37)18-23/h2-14,17-18,21,26,32-33,40H,15-16,19-20,39H2,1H3,(H,41,43)/t21-,26-,33-/m0/s1. The molecule has 1 amide bonds. The number of nitrogens with two attached hydrogens (primary N) is 1. The van der Waals surface area contributed by atoms with E-state index in [1.165, 1.54) is 71.0 Å². The second-order valence-corrected chi connectivity index (χ2v) is 13.6. The van der Waals surface area contributed by atoms with Crippen LogP contribution in [-0.2, 0) is 21.2 Å². The van der Waals surface area contributed by atoms with Gasteiger partial charge in [-0.2, -0.15) is 4.31 Å². The Hall–Kier alpha value is -3.74. The van der Waals surface area contributed by atoms with E-state index in [0.29, 0.717) is 24.2 Å². The van der Waals surface area contributed by atoms with Crippen molar-refractivity contribution in [2.75, 3.05) is 18.4 Å². The van der Waals surface area contributed by atoms with Crippen LogP contribution in [0.1, 0.15) is 36.0 Å². The number of hydrogen-bond acceptors (Lipinski definition) is 5. The van der Waals surface area contributed by atoms with Gasteiger partial charge in [0, 0.05) is 42.3 Å². The quantitative estimate of drug-likeness (QED) is 0.197. The maximum Gasteiger partial charge on any atom is 0.245 e. The van der Waals surface area contributed by atoms with Crippen molar-refractivity contribution in [3.8, 4) is 0 Å². The summed E-state index contributed by atoms with van der Waals surface area (Å²) in [4.78, 5) is 13.6. The third-order valence-electron chi connectivity index (χ3n) is 8.19. The van der Waals surface area contributed by atoms with Crippen molar-refractivity contribution in [2.24, 2.45) is 5.73 Å². The molecule has 12 heteroatoms. The van der Waals surface area contributed by atoms with Crippen LogP contribution in [0, 0.1) is 17.5 Å². The molecule has 5 rings (SSSR count). The Kier molecular flexibility index (Phi) is 10.5. The van der Waals surface area contributed by atoms with Crippen LogP contribution in [0.3, 0.4) is 0 Å². The molecule has 1 fully saturated rings. The smallest absolute Gasteiger partial charge is 0.245 e. The Labute approximate surface area is 271 Å². The zero-order chi connectivity index (χ0) is 33.0. The lowest BCUT2D eigenvalue weighted by molar-refractivity contribution is -0.117. The lowest BCUT2D eigenvalue weighted by atomic mass is 9.84. The summed E-state index contributed by atoms with van der Waals surface area (Å²) in [6.07, 6.45) is 0.314. The molecule has 3 atom stereocenters. The van der Waals surface area contributed by atoms with Crippen LogP contribution in [0.2, 0.25) is 5.02 Å². The third kappa shape index (κ3) is 7.29. The van der Waals surface area contributed by atoms with E-state index in [4.69, 9.17) is 17.3 Å². The van der Waals surface area contributed by atoms with E-state index in [1.54, 1.807) is 31.2 Å². The van der Waals surface area contributed by atoms with Crippen LogP contribution in [0.4, 0.5) is 18.9 Å². The molecule has 0 unspecified atom stereocenters. The third-order valence-corrected chi connectivity index (χ3v) is 10.8. The van der Waals surface area contributed by atoms with Crippen molar-refractivity contribution in [1.82, 2.24) is 9.62 Å². The molecule has 0 aromatic heterocycles. The largest absolute Gasteiger partial charge is 0.324 e. The second-order valence-electron chi connectivity index (χ2n) is 11.3. The van der Waals surface area contributed by atoms with Gasteiger partial charge in [0.1, 0.15) is 22.3 Å². The van der Waals surface area contributed by atoms with E-state index in [-0.39, 0.29) is 34.0 Å². The normalized spacial score (nSPS) is 18.0. The van der Waals surface area contributed by atoms with Gasteiger partial charge in [0.05, 0.1) is 11.1 Å². The van der Waals surface area contributed by atoms with Crippen LogP contribution in [0.5, 0.6) is 0 Å². The Morgan fingerprint density at radius 3 is 2.22 bits per heavy atom. The number of rotatable bonds is 10. The molecule has 7 nitrogen and oxygen atoms in total. The molecule has 242 valence electrons. The minimum atomic E-state index is -3.99. The molecule has 0 saturated carbocycles. The first-order chi connectivity index (χ1) is 22.0. The van der Waals surface area contributed by atoms with Crippen molar-refractivity contribution in [1.29, 1.82) is 0 Å². The Bertz CT molecular complexity index is 1780. The fraction of sp³-hybridized carbons (Fsp3) is 0.265. The van der Waals surface area contributed by atoms with E-state index < -0.39 is 57.4 Å². The highest BCUT2D eigenvalue weighted by molar-refractivity contribution is 7.89. The van der Waals surface area contributed by atoms with Crippen LogP contribution >= 0.6 is 11.6 Å². The van der Waals surface area contributed by atoms with Gasteiger partial charge < -0.3 is 16.4 Å². The molecule has 0 bridgehead atoms. The van der Waals surface area contributed by atoms with Crippen molar-refractivity contribution in [3.63, 3.8) is 0 Å². The number of nitrogens with zero attached hydrogens (tertiary/aromatic N) is 1. The van der Waals surface area contributed by atoms with Crippen LogP contribution in [-0.4, -0.2) is 49.8 Å². The van der Waals surface area contributed by atoms with Gasteiger partial charge in [0.2, 0.25) is 15.9 Å².